The molecule has 0 atom stereocenters. The number of piperazine rings is 1. The van der Waals surface area contributed by atoms with Gasteiger partial charge < -0.3 is 4.57 Å². The van der Waals surface area contributed by atoms with Gasteiger partial charge in [-0.1, -0.05) is 6.07 Å². The van der Waals surface area contributed by atoms with Gasteiger partial charge in [-0.15, -0.1) is 0 Å². The highest BCUT2D eigenvalue weighted by Gasteiger charge is 2.29. The lowest BCUT2D eigenvalue weighted by Gasteiger charge is -2.33. The Bertz CT molecular complexity index is 1310. The normalized spacial score (nSPS) is 17.4. The van der Waals surface area contributed by atoms with E-state index in [2.05, 4.69) is 16.8 Å². The van der Waals surface area contributed by atoms with E-state index < -0.39 is 10.0 Å². The summed E-state index contributed by atoms with van der Waals surface area (Å²) in [6.45, 7) is 5.50. The summed E-state index contributed by atoms with van der Waals surface area (Å²) < 4.78 is 32.5. The molecule has 1 aliphatic carbocycles. The number of rotatable bonds is 6. The van der Waals surface area contributed by atoms with Gasteiger partial charge >= 0.3 is 0 Å². The molecule has 2 aliphatic rings. The summed E-state index contributed by atoms with van der Waals surface area (Å²) in [6.07, 6.45) is 6.62. The number of pyridine rings is 1. The molecule has 1 aromatic carbocycles. The van der Waals surface area contributed by atoms with Gasteiger partial charge in [-0.2, -0.15) is 9.40 Å². The van der Waals surface area contributed by atoms with E-state index in [1.807, 2.05) is 33.5 Å². The summed E-state index contributed by atoms with van der Waals surface area (Å²) in [7, 11) is -3.48. The Morgan fingerprint density at radius 3 is 2.45 bits per heavy atom. The molecule has 3 heterocycles. The quantitative estimate of drug-likeness (QED) is 0.501. The molecule has 5 rings (SSSR count). The van der Waals surface area contributed by atoms with Crippen molar-refractivity contribution in [3.8, 4) is 11.4 Å². The molecule has 10 heteroatoms. The zero-order valence-corrected chi connectivity index (χ0v) is 20.4. The molecule has 33 heavy (non-hydrogen) atoms. The maximum Gasteiger partial charge on any atom is 0.243 e. The second kappa shape index (κ2) is 9.09. The van der Waals surface area contributed by atoms with Crippen LogP contribution in [0.5, 0.6) is 0 Å². The fourth-order valence-electron chi connectivity index (χ4n) is 4.69. The third-order valence-corrected chi connectivity index (χ3v) is 8.88. The van der Waals surface area contributed by atoms with E-state index in [1.54, 1.807) is 22.8 Å². The molecule has 0 N–H and O–H groups in total. The van der Waals surface area contributed by atoms with Crippen molar-refractivity contribution in [3.05, 3.63) is 58.6 Å². The molecule has 0 saturated carbocycles. The van der Waals surface area contributed by atoms with Gasteiger partial charge in [0.05, 0.1) is 11.6 Å². The summed E-state index contributed by atoms with van der Waals surface area (Å²) in [5.41, 5.74) is 3.44. The Morgan fingerprint density at radius 2 is 1.73 bits per heavy atom. The minimum Gasteiger partial charge on any atom is -0.300 e. The largest absolute Gasteiger partial charge is 0.300 e. The molecule has 174 valence electrons. The van der Waals surface area contributed by atoms with Crippen molar-refractivity contribution in [2.24, 2.45) is 0 Å². The predicted molar refractivity (Wildman–Crippen MR) is 129 cm³/mol. The third kappa shape index (κ3) is 4.28. The Kier molecular flexibility index (Phi) is 6.17. The van der Waals surface area contributed by atoms with Gasteiger partial charge in [0.25, 0.3) is 0 Å². The van der Waals surface area contributed by atoms with Gasteiger partial charge in [-0.25, -0.2) is 13.1 Å². The number of nitrogens with zero attached hydrogens (tertiary/aromatic N) is 6. The number of hydrogen-bond acceptors (Lipinski definition) is 6. The standard InChI is InChI=1S/C23H28N6O2S2/c1-2-28-22(19-8-10-24-11-9-19)25-29(23(28)32)17-26-12-14-27(15-13-26)33(30,31)21-7-6-18-4-3-5-20(18)16-21/h6-11,16H,2-5,12-15,17H2,1H3. The first-order valence-corrected chi connectivity index (χ1v) is 13.2. The molecule has 0 spiro atoms. The van der Waals surface area contributed by atoms with Crippen molar-refractivity contribution < 1.29 is 8.42 Å². The number of hydrogen-bond donors (Lipinski definition) is 0. The van der Waals surface area contributed by atoms with Crippen LogP contribution in [0, 0.1) is 4.77 Å². The number of sulfonamides is 1. The fourth-order valence-corrected chi connectivity index (χ4v) is 6.48. The van der Waals surface area contributed by atoms with Crippen molar-refractivity contribution in [1.82, 2.24) is 28.5 Å². The zero-order chi connectivity index (χ0) is 23.0. The highest BCUT2D eigenvalue weighted by Crippen LogP contribution is 2.27. The molecular formula is C23H28N6O2S2. The molecule has 2 aromatic heterocycles. The molecular weight excluding hydrogens is 456 g/mol. The Balaban J connectivity index is 1.28. The molecule has 8 nitrogen and oxygen atoms in total. The summed E-state index contributed by atoms with van der Waals surface area (Å²) in [5, 5.41) is 4.77. The van der Waals surface area contributed by atoms with Crippen molar-refractivity contribution in [1.29, 1.82) is 0 Å². The minimum atomic E-state index is -3.48. The van der Waals surface area contributed by atoms with Crippen LogP contribution in [0.3, 0.4) is 0 Å². The average Bonchev–Trinajstić information content (AvgIpc) is 3.44. The van der Waals surface area contributed by atoms with Crippen LogP contribution in [0.2, 0.25) is 0 Å². The molecule has 1 saturated heterocycles. The van der Waals surface area contributed by atoms with Gasteiger partial charge in [0.15, 0.2) is 10.6 Å². The Morgan fingerprint density at radius 1 is 1.00 bits per heavy atom. The van der Waals surface area contributed by atoms with Gasteiger partial charge in [0.1, 0.15) is 0 Å². The first-order chi connectivity index (χ1) is 16.0. The van der Waals surface area contributed by atoms with Crippen LogP contribution in [0.25, 0.3) is 11.4 Å². The van der Waals surface area contributed by atoms with Gasteiger partial charge in [0, 0.05) is 50.7 Å². The lowest BCUT2D eigenvalue weighted by molar-refractivity contribution is 0.144. The molecule has 0 unspecified atom stereocenters. The monoisotopic (exact) mass is 484 g/mol. The number of aromatic nitrogens is 4. The van der Waals surface area contributed by atoms with E-state index >= 15 is 0 Å². The highest BCUT2D eigenvalue weighted by atomic mass is 32.2. The van der Waals surface area contributed by atoms with Crippen LogP contribution in [0.1, 0.15) is 24.5 Å². The van der Waals surface area contributed by atoms with Gasteiger partial charge in [-0.3, -0.25) is 9.88 Å². The zero-order valence-electron chi connectivity index (χ0n) is 18.7. The summed E-state index contributed by atoms with van der Waals surface area (Å²) >= 11 is 5.68. The summed E-state index contributed by atoms with van der Waals surface area (Å²) in [5.74, 6) is 0.822. The van der Waals surface area contributed by atoms with Crippen molar-refractivity contribution in [3.63, 3.8) is 0 Å². The van der Waals surface area contributed by atoms with E-state index in [-0.39, 0.29) is 0 Å². The number of fused-ring (bicyclic) bond motifs is 1. The SMILES string of the molecule is CCn1c(-c2ccncc2)nn(CN2CCN(S(=O)(=O)c3ccc4c(c3)CCC4)CC2)c1=S. The Labute approximate surface area is 199 Å². The van der Waals surface area contributed by atoms with Crippen LogP contribution < -0.4 is 0 Å². The summed E-state index contributed by atoms with van der Waals surface area (Å²) in [4.78, 5) is 6.70. The molecule has 3 aromatic rings. The fraction of sp³-hybridized carbons (Fsp3) is 0.435. The maximum absolute atomic E-state index is 13.2. The first-order valence-electron chi connectivity index (χ1n) is 11.4. The van der Waals surface area contributed by atoms with Crippen molar-refractivity contribution >= 4 is 22.2 Å². The lowest BCUT2D eigenvalue weighted by atomic mass is 10.1. The molecule has 0 amide bonds. The topological polar surface area (TPSA) is 76.3 Å². The molecule has 1 aliphatic heterocycles. The van der Waals surface area contributed by atoms with Crippen LogP contribution in [0.4, 0.5) is 0 Å². The van der Waals surface area contributed by atoms with E-state index in [0.29, 0.717) is 42.5 Å². The van der Waals surface area contributed by atoms with E-state index in [1.165, 1.54) is 11.1 Å². The van der Waals surface area contributed by atoms with Gasteiger partial charge in [-0.05, 0) is 73.8 Å². The Hall–Kier alpha value is -2.40. The van der Waals surface area contributed by atoms with E-state index in [0.717, 1.165) is 37.2 Å². The highest BCUT2D eigenvalue weighted by molar-refractivity contribution is 7.89. The van der Waals surface area contributed by atoms with E-state index in [9.17, 15) is 8.42 Å². The third-order valence-electron chi connectivity index (χ3n) is 6.55. The summed E-state index contributed by atoms with van der Waals surface area (Å²) in [6, 6.07) is 9.48. The van der Waals surface area contributed by atoms with Crippen LogP contribution in [0.15, 0.2) is 47.6 Å². The molecule has 0 radical (unpaired) electrons. The van der Waals surface area contributed by atoms with Crippen molar-refractivity contribution in [2.75, 3.05) is 26.2 Å². The average molecular weight is 485 g/mol. The van der Waals surface area contributed by atoms with Crippen LogP contribution in [-0.4, -0.2) is 63.1 Å². The van der Waals surface area contributed by atoms with E-state index in [4.69, 9.17) is 17.3 Å². The van der Waals surface area contributed by atoms with Gasteiger partial charge in [0.2, 0.25) is 10.0 Å². The van der Waals surface area contributed by atoms with Crippen molar-refractivity contribution in [2.45, 2.75) is 44.3 Å². The molecule has 0 bridgehead atoms. The van der Waals surface area contributed by atoms with Crippen LogP contribution in [-0.2, 0) is 36.1 Å². The first kappa shape index (κ1) is 22.4. The second-order valence-corrected chi connectivity index (χ2v) is 10.8. The predicted octanol–water partition coefficient (Wildman–Crippen LogP) is 2.95. The smallest absolute Gasteiger partial charge is 0.243 e. The second-order valence-electron chi connectivity index (χ2n) is 8.53. The molecule has 1 fully saturated rings. The minimum absolute atomic E-state index is 0.419. The maximum atomic E-state index is 13.2. The number of benzene rings is 1. The van der Waals surface area contributed by atoms with Crippen LogP contribution >= 0.6 is 12.2 Å². The lowest BCUT2D eigenvalue weighted by Crippen LogP contribution is -2.49. The number of aryl methyl sites for hydroxylation is 2.